The van der Waals surface area contributed by atoms with E-state index in [9.17, 15) is 0 Å². The number of hydrogen-bond acceptors (Lipinski definition) is 2. The Morgan fingerprint density at radius 2 is 1.48 bits per heavy atom. The van der Waals surface area contributed by atoms with E-state index in [1.54, 1.807) is 0 Å². The van der Waals surface area contributed by atoms with Crippen molar-refractivity contribution < 1.29 is 0 Å². The predicted octanol–water partition coefficient (Wildman–Crippen LogP) is 3.52. The van der Waals surface area contributed by atoms with E-state index in [0.717, 1.165) is 25.6 Å². The second-order valence-corrected chi connectivity index (χ2v) is 6.00. The maximum absolute atomic E-state index is 5.77. The van der Waals surface area contributed by atoms with Gasteiger partial charge in [-0.1, -0.05) is 54.6 Å². The molecule has 0 unspecified atom stereocenters. The molecule has 2 heteroatoms. The summed E-state index contributed by atoms with van der Waals surface area (Å²) in [5.74, 6) is 0.837. The van der Waals surface area contributed by atoms with E-state index in [4.69, 9.17) is 5.73 Å². The van der Waals surface area contributed by atoms with Crippen molar-refractivity contribution in [2.75, 3.05) is 13.1 Å². The van der Waals surface area contributed by atoms with E-state index in [2.05, 4.69) is 59.5 Å². The van der Waals surface area contributed by atoms with Gasteiger partial charge >= 0.3 is 0 Å². The first-order valence-corrected chi connectivity index (χ1v) is 7.90. The average Bonchev–Trinajstić information content (AvgIpc) is 3.34. The molecule has 0 bridgehead atoms. The lowest BCUT2D eigenvalue weighted by Gasteiger charge is -2.22. The van der Waals surface area contributed by atoms with Gasteiger partial charge in [0.1, 0.15) is 0 Å². The summed E-state index contributed by atoms with van der Waals surface area (Å²) in [5.41, 5.74) is 10.0. The van der Waals surface area contributed by atoms with Crippen molar-refractivity contribution in [3.63, 3.8) is 0 Å². The summed E-state index contributed by atoms with van der Waals surface area (Å²) < 4.78 is 0. The third kappa shape index (κ3) is 4.16. The molecule has 21 heavy (non-hydrogen) atoms. The standard InChI is InChI=1S/C19H24N2/c20-12-13-21(14-16-4-2-1-3-5-16)15-17-6-8-18(9-7-17)19-10-11-19/h1-9,19H,10-15,20H2. The summed E-state index contributed by atoms with van der Waals surface area (Å²) in [4.78, 5) is 2.42. The highest BCUT2D eigenvalue weighted by Gasteiger charge is 2.22. The Morgan fingerprint density at radius 1 is 0.857 bits per heavy atom. The van der Waals surface area contributed by atoms with Crippen molar-refractivity contribution in [2.24, 2.45) is 5.73 Å². The van der Waals surface area contributed by atoms with Crippen LogP contribution in [-0.4, -0.2) is 18.0 Å². The van der Waals surface area contributed by atoms with E-state index in [0.29, 0.717) is 6.54 Å². The molecule has 2 aromatic rings. The number of hydrogen-bond donors (Lipinski definition) is 1. The Balaban J connectivity index is 1.63. The van der Waals surface area contributed by atoms with Crippen LogP contribution in [0.4, 0.5) is 0 Å². The highest BCUT2D eigenvalue weighted by molar-refractivity contribution is 5.28. The van der Waals surface area contributed by atoms with Crippen molar-refractivity contribution >= 4 is 0 Å². The summed E-state index contributed by atoms with van der Waals surface area (Å²) in [6, 6.07) is 19.8. The molecular weight excluding hydrogens is 256 g/mol. The molecule has 3 rings (SSSR count). The smallest absolute Gasteiger partial charge is 0.0237 e. The van der Waals surface area contributed by atoms with Crippen molar-refractivity contribution in [3.05, 3.63) is 71.3 Å². The average molecular weight is 280 g/mol. The Labute approximate surface area is 127 Å². The molecule has 1 fully saturated rings. The number of rotatable bonds is 7. The van der Waals surface area contributed by atoms with Gasteiger partial charge in [-0.15, -0.1) is 0 Å². The first-order valence-electron chi connectivity index (χ1n) is 7.90. The number of nitrogens with zero attached hydrogens (tertiary/aromatic N) is 1. The van der Waals surface area contributed by atoms with Crippen LogP contribution < -0.4 is 5.73 Å². The van der Waals surface area contributed by atoms with Crippen LogP contribution in [-0.2, 0) is 13.1 Å². The Kier molecular flexibility index (Phi) is 4.69. The van der Waals surface area contributed by atoms with Crippen LogP contribution in [0.3, 0.4) is 0 Å². The zero-order valence-electron chi connectivity index (χ0n) is 12.5. The summed E-state index contributed by atoms with van der Waals surface area (Å²) in [7, 11) is 0. The molecular formula is C19H24N2. The first-order chi connectivity index (χ1) is 10.3. The molecule has 0 saturated heterocycles. The van der Waals surface area contributed by atoms with Crippen molar-refractivity contribution in [3.8, 4) is 0 Å². The van der Waals surface area contributed by atoms with Gasteiger partial charge < -0.3 is 5.73 Å². The van der Waals surface area contributed by atoms with Gasteiger partial charge in [0.05, 0.1) is 0 Å². The van der Waals surface area contributed by atoms with E-state index < -0.39 is 0 Å². The van der Waals surface area contributed by atoms with Gasteiger partial charge in [0.2, 0.25) is 0 Å². The minimum atomic E-state index is 0.701. The Morgan fingerprint density at radius 3 is 2.05 bits per heavy atom. The molecule has 0 atom stereocenters. The van der Waals surface area contributed by atoms with Crippen LogP contribution in [0.1, 0.15) is 35.4 Å². The van der Waals surface area contributed by atoms with E-state index in [1.165, 1.54) is 29.5 Å². The fourth-order valence-corrected chi connectivity index (χ4v) is 2.81. The quantitative estimate of drug-likeness (QED) is 0.840. The molecule has 0 spiro atoms. The SMILES string of the molecule is NCCN(Cc1ccccc1)Cc1ccc(C2CC2)cc1. The highest BCUT2D eigenvalue weighted by Crippen LogP contribution is 2.39. The van der Waals surface area contributed by atoms with E-state index in [-0.39, 0.29) is 0 Å². The normalized spacial score (nSPS) is 14.6. The van der Waals surface area contributed by atoms with Crippen molar-refractivity contribution in [1.29, 1.82) is 0 Å². The van der Waals surface area contributed by atoms with Gasteiger partial charge in [0.15, 0.2) is 0 Å². The molecule has 1 saturated carbocycles. The summed E-state index contributed by atoms with van der Waals surface area (Å²) in [6.07, 6.45) is 2.74. The maximum atomic E-state index is 5.77. The monoisotopic (exact) mass is 280 g/mol. The molecule has 2 nitrogen and oxygen atoms in total. The third-order valence-electron chi connectivity index (χ3n) is 4.13. The Bertz CT molecular complexity index is 544. The zero-order valence-corrected chi connectivity index (χ0v) is 12.5. The highest BCUT2D eigenvalue weighted by atomic mass is 15.1. The largest absolute Gasteiger partial charge is 0.329 e. The molecule has 0 radical (unpaired) electrons. The van der Waals surface area contributed by atoms with E-state index in [1.807, 2.05) is 0 Å². The summed E-state index contributed by atoms with van der Waals surface area (Å²) in [6.45, 7) is 3.56. The van der Waals surface area contributed by atoms with Gasteiger partial charge in [0.25, 0.3) is 0 Å². The first kappa shape index (κ1) is 14.3. The van der Waals surface area contributed by atoms with Gasteiger partial charge in [-0.2, -0.15) is 0 Å². The predicted molar refractivity (Wildman–Crippen MR) is 88.0 cm³/mol. The van der Waals surface area contributed by atoms with Gasteiger partial charge in [-0.05, 0) is 35.4 Å². The summed E-state index contributed by atoms with van der Waals surface area (Å²) in [5, 5.41) is 0. The lowest BCUT2D eigenvalue weighted by Crippen LogP contribution is -2.28. The third-order valence-corrected chi connectivity index (χ3v) is 4.13. The maximum Gasteiger partial charge on any atom is 0.0237 e. The second-order valence-electron chi connectivity index (χ2n) is 6.00. The molecule has 110 valence electrons. The van der Waals surface area contributed by atoms with Crippen LogP contribution in [0.5, 0.6) is 0 Å². The number of benzene rings is 2. The van der Waals surface area contributed by atoms with Crippen molar-refractivity contribution in [2.45, 2.75) is 31.8 Å². The lowest BCUT2D eigenvalue weighted by molar-refractivity contribution is 0.264. The van der Waals surface area contributed by atoms with Crippen LogP contribution in [0, 0.1) is 0 Å². The molecule has 0 heterocycles. The molecule has 0 aromatic heterocycles. The molecule has 0 aliphatic heterocycles. The molecule has 0 amide bonds. The van der Waals surface area contributed by atoms with Crippen LogP contribution >= 0.6 is 0 Å². The minimum Gasteiger partial charge on any atom is -0.329 e. The molecule has 1 aliphatic carbocycles. The topological polar surface area (TPSA) is 29.3 Å². The number of nitrogens with two attached hydrogens (primary N) is 1. The fourth-order valence-electron chi connectivity index (χ4n) is 2.81. The van der Waals surface area contributed by atoms with Crippen LogP contribution in [0.15, 0.2) is 54.6 Å². The minimum absolute atomic E-state index is 0.701. The van der Waals surface area contributed by atoms with Gasteiger partial charge in [0, 0.05) is 26.2 Å². The Hall–Kier alpha value is -1.64. The molecule has 1 aliphatic rings. The summed E-state index contributed by atoms with van der Waals surface area (Å²) >= 11 is 0. The van der Waals surface area contributed by atoms with Gasteiger partial charge in [-0.25, -0.2) is 0 Å². The molecule has 2 N–H and O–H groups in total. The van der Waals surface area contributed by atoms with Gasteiger partial charge in [-0.3, -0.25) is 4.90 Å². The fraction of sp³-hybridized carbons (Fsp3) is 0.368. The molecule has 2 aromatic carbocycles. The van der Waals surface area contributed by atoms with Crippen LogP contribution in [0.2, 0.25) is 0 Å². The lowest BCUT2D eigenvalue weighted by atomic mass is 10.1. The van der Waals surface area contributed by atoms with Crippen molar-refractivity contribution in [1.82, 2.24) is 4.90 Å². The second kappa shape index (κ2) is 6.88. The zero-order chi connectivity index (χ0) is 14.5. The van der Waals surface area contributed by atoms with Crippen LogP contribution in [0.25, 0.3) is 0 Å². The van der Waals surface area contributed by atoms with E-state index >= 15 is 0 Å².